The maximum absolute atomic E-state index is 12.9. The van der Waals surface area contributed by atoms with E-state index in [1.165, 1.54) is 11.1 Å². The average molecular weight is 398 g/mol. The summed E-state index contributed by atoms with van der Waals surface area (Å²) in [5, 5.41) is 3.32. The molecule has 0 spiro atoms. The minimum absolute atomic E-state index is 0.0739. The third-order valence-electron chi connectivity index (χ3n) is 5.51. The summed E-state index contributed by atoms with van der Waals surface area (Å²) in [5.74, 6) is -0.642. The molecule has 1 N–H and O–H groups in total. The Kier molecular flexibility index (Phi) is 5.13. The number of anilines is 1. The van der Waals surface area contributed by atoms with Crippen LogP contribution >= 0.6 is 11.6 Å². The zero-order chi connectivity index (χ0) is 19.7. The fourth-order valence-electron chi connectivity index (χ4n) is 4.10. The molecule has 1 aromatic heterocycles. The minimum Gasteiger partial charge on any atom is -0.310 e. The first-order valence-electron chi connectivity index (χ1n) is 9.42. The summed E-state index contributed by atoms with van der Waals surface area (Å²) < 4.78 is 0. The van der Waals surface area contributed by atoms with E-state index >= 15 is 0 Å². The largest absolute Gasteiger partial charge is 0.310 e. The number of imide groups is 1. The van der Waals surface area contributed by atoms with Gasteiger partial charge in [0.15, 0.2) is 0 Å². The number of fused-ring (bicyclic) bond motifs is 1. The summed E-state index contributed by atoms with van der Waals surface area (Å²) in [4.78, 5) is 43.6. The standard InChI is InChI=1S/C21H20ClN3O3/c22-14-9-10-23-18(11-14)24-19(26)15-6-2-1-5-13(15)12-25-20(27)16-7-3-4-8-17(16)21(25)28/h3-4,7-11,13,15H,1-2,5-6,12H2,(H,23,24,26). The molecule has 1 aliphatic carbocycles. The molecule has 2 aromatic rings. The quantitative estimate of drug-likeness (QED) is 0.796. The summed E-state index contributed by atoms with van der Waals surface area (Å²) in [7, 11) is 0. The number of hydrogen-bond donors (Lipinski definition) is 1. The van der Waals surface area contributed by atoms with E-state index in [2.05, 4.69) is 10.3 Å². The highest BCUT2D eigenvalue weighted by Gasteiger charge is 2.40. The van der Waals surface area contributed by atoms with E-state index in [1.807, 2.05) is 0 Å². The lowest BCUT2D eigenvalue weighted by Gasteiger charge is -2.32. The Labute approximate surface area is 167 Å². The zero-order valence-corrected chi connectivity index (χ0v) is 16.0. The van der Waals surface area contributed by atoms with Crippen LogP contribution in [0.2, 0.25) is 5.02 Å². The van der Waals surface area contributed by atoms with Crippen LogP contribution in [0.3, 0.4) is 0 Å². The fraction of sp³-hybridized carbons (Fsp3) is 0.333. The number of pyridine rings is 1. The summed E-state index contributed by atoms with van der Waals surface area (Å²) >= 11 is 5.96. The van der Waals surface area contributed by atoms with E-state index in [1.54, 1.807) is 36.4 Å². The molecule has 28 heavy (non-hydrogen) atoms. The first kappa shape index (κ1) is 18.6. The predicted octanol–water partition coefficient (Wildman–Crippen LogP) is 3.78. The Balaban J connectivity index is 1.49. The molecule has 6 nitrogen and oxygen atoms in total. The maximum atomic E-state index is 12.9. The summed E-state index contributed by atoms with van der Waals surface area (Å²) in [6, 6.07) is 10.1. The smallest absolute Gasteiger partial charge is 0.261 e. The summed E-state index contributed by atoms with van der Waals surface area (Å²) in [6.45, 7) is 0.257. The lowest BCUT2D eigenvalue weighted by molar-refractivity contribution is -0.122. The zero-order valence-electron chi connectivity index (χ0n) is 15.2. The van der Waals surface area contributed by atoms with E-state index in [0.717, 1.165) is 25.7 Å². The highest BCUT2D eigenvalue weighted by molar-refractivity contribution is 6.30. The van der Waals surface area contributed by atoms with E-state index < -0.39 is 0 Å². The predicted molar refractivity (Wildman–Crippen MR) is 105 cm³/mol. The number of amides is 3. The van der Waals surface area contributed by atoms with Gasteiger partial charge in [-0.05, 0) is 43.0 Å². The molecule has 1 aromatic carbocycles. The molecule has 4 rings (SSSR count). The molecule has 2 atom stereocenters. The molecule has 1 saturated carbocycles. The summed E-state index contributed by atoms with van der Waals surface area (Å²) in [5.41, 5.74) is 0.875. The van der Waals surface area contributed by atoms with Crippen LogP contribution in [-0.4, -0.2) is 34.2 Å². The van der Waals surface area contributed by atoms with Crippen molar-refractivity contribution in [2.75, 3.05) is 11.9 Å². The Morgan fingerprint density at radius 1 is 1.11 bits per heavy atom. The number of halogens is 1. The van der Waals surface area contributed by atoms with E-state index in [-0.39, 0.29) is 36.1 Å². The lowest BCUT2D eigenvalue weighted by Crippen LogP contribution is -2.41. The second-order valence-electron chi connectivity index (χ2n) is 7.27. The molecule has 2 aliphatic rings. The molecule has 3 amide bonds. The molecule has 1 aliphatic heterocycles. The number of nitrogens with zero attached hydrogens (tertiary/aromatic N) is 2. The summed E-state index contributed by atoms with van der Waals surface area (Å²) in [6.07, 6.45) is 4.98. The Morgan fingerprint density at radius 2 is 1.79 bits per heavy atom. The second kappa shape index (κ2) is 7.72. The molecule has 2 unspecified atom stereocenters. The lowest BCUT2D eigenvalue weighted by atomic mass is 9.78. The average Bonchev–Trinajstić information content (AvgIpc) is 2.94. The number of carbonyl (C=O) groups excluding carboxylic acids is 3. The monoisotopic (exact) mass is 397 g/mol. The van der Waals surface area contributed by atoms with Gasteiger partial charge < -0.3 is 5.32 Å². The molecule has 2 heterocycles. The third-order valence-corrected chi connectivity index (χ3v) is 5.75. The molecule has 0 saturated heterocycles. The van der Waals surface area contributed by atoms with Gasteiger partial charge in [-0.15, -0.1) is 0 Å². The van der Waals surface area contributed by atoms with Crippen molar-refractivity contribution in [2.45, 2.75) is 25.7 Å². The molecule has 144 valence electrons. The molecule has 1 fully saturated rings. The highest BCUT2D eigenvalue weighted by atomic mass is 35.5. The highest BCUT2D eigenvalue weighted by Crippen LogP contribution is 2.34. The second-order valence-corrected chi connectivity index (χ2v) is 7.70. The number of nitrogens with one attached hydrogen (secondary N) is 1. The normalized spacial score (nSPS) is 21.5. The van der Waals surface area contributed by atoms with Gasteiger partial charge in [0.2, 0.25) is 5.91 Å². The first-order chi connectivity index (χ1) is 13.5. The van der Waals surface area contributed by atoms with Crippen molar-refractivity contribution in [3.8, 4) is 0 Å². The van der Waals surface area contributed by atoms with Crippen LogP contribution in [0.25, 0.3) is 0 Å². The van der Waals surface area contributed by atoms with Crippen LogP contribution in [0, 0.1) is 11.8 Å². The number of carbonyl (C=O) groups is 3. The number of rotatable bonds is 4. The molecule has 0 bridgehead atoms. The number of aromatic nitrogens is 1. The van der Waals surface area contributed by atoms with Gasteiger partial charge >= 0.3 is 0 Å². The molecule has 7 heteroatoms. The molecular weight excluding hydrogens is 378 g/mol. The Hall–Kier alpha value is -2.73. The van der Waals surface area contributed by atoms with Crippen LogP contribution in [0.5, 0.6) is 0 Å². The Bertz CT molecular complexity index is 911. The molecular formula is C21H20ClN3O3. The fourth-order valence-corrected chi connectivity index (χ4v) is 4.26. The number of hydrogen-bond acceptors (Lipinski definition) is 4. The van der Waals surface area contributed by atoms with Crippen molar-refractivity contribution in [1.29, 1.82) is 0 Å². The van der Waals surface area contributed by atoms with E-state index in [0.29, 0.717) is 22.0 Å². The van der Waals surface area contributed by atoms with Gasteiger partial charge in [-0.2, -0.15) is 0 Å². The van der Waals surface area contributed by atoms with Gasteiger partial charge in [0.1, 0.15) is 5.82 Å². The van der Waals surface area contributed by atoms with Crippen LogP contribution in [0.1, 0.15) is 46.4 Å². The van der Waals surface area contributed by atoms with Crippen molar-refractivity contribution in [3.05, 3.63) is 58.7 Å². The van der Waals surface area contributed by atoms with Crippen molar-refractivity contribution in [1.82, 2.24) is 9.88 Å². The van der Waals surface area contributed by atoms with Crippen LogP contribution in [0.15, 0.2) is 42.6 Å². The van der Waals surface area contributed by atoms with E-state index in [9.17, 15) is 14.4 Å². The van der Waals surface area contributed by atoms with Crippen LogP contribution in [0.4, 0.5) is 5.82 Å². The first-order valence-corrected chi connectivity index (χ1v) is 9.80. The minimum atomic E-state index is -0.279. The van der Waals surface area contributed by atoms with Crippen molar-refractivity contribution < 1.29 is 14.4 Å². The Morgan fingerprint density at radius 3 is 2.46 bits per heavy atom. The van der Waals surface area contributed by atoms with Crippen molar-refractivity contribution >= 4 is 35.1 Å². The van der Waals surface area contributed by atoms with Crippen molar-refractivity contribution in [3.63, 3.8) is 0 Å². The van der Waals surface area contributed by atoms with E-state index in [4.69, 9.17) is 11.6 Å². The van der Waals surface area contributed by atoms with Gasteiger partial charge in [0, 0.05) is 23.7 Å². The van der Waals surface area contributed by atoms with Gasteiger partial charge in [-0.3, -0.25) is 19.3 Å². The maximum Gasteiger partial charge on any atom is 0.261 e. The molecule has 0 radical (unpaired) electrons. The van der Waals surface area contributed by atoms with Crippen LogP contribution < -0.4 is 5.32 Å². The van der Waals surface area contributed by atoms with Gasteiger partial charge in [-0.25, -0.2) is 4.98 Å². The number of benzene rings is 1. The van der Waals surface area contributed by atoms with Crippen LogP contribution in [-0.2, 0) is 4.79 Å². The van der Waals surface area contributed by atoms with Gasteiger partial charge in [0.05, 0.1) is 11.1 Å². The SMILES string of the molecule is O=C(Nc1cc(Cl)ccn1)C1CCCCC1CN1C(=O)c2ccccc2C1=O. The van der Waals surface area contributed by atoms with Gasteiger partial charge in [-0.1, -0.05) is 36.6 Å². The van der Waals surface area contributed by atoms with Gasteiger partial charge in [0.25, 0.3) is 11.8 Å². The van der Waals surface area contributed by atoms with Crippen molar-refractivity contribution in [2.24, 2.45) is 11.8 Å². The third kappa shape index (κ3) is 3.52. The topological polar surface area (TPSA) is 79.4 Å².